The number of halogens is 2. The van der Waals surface area contributed by atoms with Gasteiger partial charge in [0.2, 0.25) is 11.9 Å². The molecule has 0 saturated carbocycles. The van der Waals surface area contributed by atoms with E-state index in [1.165, 1.54) is 15.4 Å². The van der Waals surface area contributed by atoms with Gasteiger partial charge in [0.05, 0.1) is 29.5 Å². The van der Waals surface area contributed by atoms with E-state index in [1.807, 2.05) is 54.6 Å². The molecular weight excluding hydrogens is 513 g/mol. The first kappa shape index (κ1) is 24.7. The predicted molar refractivity (Wildman–Crippen MR) is 143 cm³/mol. The fourth-order valence-corrected chi connectivity index (χ4v) is 4.50. The minimum absolute atomic E-state index is 0.0885. The number of rotatable bonds is 7. The third kappa shape index (κ3) is 5.00. The molecule has 9 nitrogen and oxygen atoms in total. The summed E-state index contributed by atoms with van der Waals surface area (Å²) in [5, 5.41) is 12.2. The van der Waals surface area contributed by atoms with E-state index in [-0.39, 0.29) is 18.4 Å². The summed E-state index contributed by atoms with van der Waals surface area (Å²) in [6, 6.07) is 19.8. The van der Waals surface area contributed by atoms with Gasteiger partial charge in [-0.05, 0) is 42.3 Å². The Kier molecular flexibility index (Phi) is 6.82. The largest absolute Gasteiger partial charge is 0.368 e. The molecule has 1 aliphatic heterocycles. The standard InChI is InChI=1S/C26H23Cl2N7O2/c1-16(24(29)36)35-25(32-34(26(35)37)14-21-12-11-20(28)13-30-21)33-15-22(17-5-3-2-4-6-17)23(31-33)18-7-9-19(27)10-8-18/h2-13,16,22H,14-15H2,1H3,(H2,29,36)/t16-,22-/m1/s1. The van der Waals surface area contributed by atoms with Crippen LogP contribution in [0, 0.1) is 0 Å². The maximum Gasteiger partial charge on any atom is 0.348 e. The molecule has 2 N–H and O–H groups in total. The lowest BCUT2D eigenvalue weighted by atomic mass is 9.91. The maximum atomic E-state index is 13.4. The number of hydrogen-bond donors (Lipinski definition) is 1. The lowest BCUT2D eigenvalue weighted by Gasteiger charge is -2.18. The Hall–Kier alpha value is -3.95. The third-order valence-electron chi connectivity index (χ3n) is 6.24. The van der Waals surface area contributed by atoms with E-state index in [0.29, 0.717) is 22.3 Å². The number of primary amides is 1. The van der Waals surface area contributed by atoms with Crippen LogP contribution < -0.4 is 16.4 Å². The van der Waals surface area contributed by atoms with Crippen molar-refractivity contribution in [3.8, 4) is 0 Å². The molecule has 5 rings (SSSR count). The summed E-state index contributed by atoms with van der Waals surface area (Å²) in [5.74, 6) is -0.554. The number of hydrazone groups is 1. The number of amides is 1. The molecular formula is C26H23Cl2N7O2. The van der Waals surface area contributed by atoms with Crippen molar-refractivity contribution in [2.75, 3.05) is 11.6 Å². The van der Waals surface area contributed by atoms with Crippen molar-refractivity contribution in [2.24, 2.45) is 10.8 Å². The summed E-state index contributed by atoms with van der Waals surface area (Å²) >= 11 is 12.1. The van der Waals surface area contributed by atoms with Crippen LogP contribution in [-0.2, 0) is 11.3 Å². The summed E-state index contributed by atoms with van der Waals surface area (Å²) < 4.78 is 2.52. The number of carbonyl (C=O) groups excluding carboxylic acids is 1. The average Bonchev–Trinajstić information content (AvgIpc) is 3.48. The fourth-order valence-electron chi connectivity index (χ4n) is 4.26. The van der Waals surface area contributed by atoms with Crippen molar-refractivity contribution < 1.29 is 4.79 Å². The number of nitrogens with zero attached hydrogens (tertiary/aromatic N) is 6. The minimum atomic E-state index is -0.945. The van der Waals surface area contributed by atoms with Crippen LogP contribution in [0.5, 0.6) is 0 Å². The number of carbonyl (C=O) groups is 1. The first-order valence-electron chi connectivity index (χ1n) is 11.6. The Morgan fingerprint density at radius 2 is 1.76 bits per heavy atom. The minimum Gasteiger partial charge on any atom is -0.368 e. The third-order valence-corrected chi connectivity index (χ3v) is 6.71. The van der Waals surface area contributed by atoms with Gasteiger partial charge in [-0.3, -0.25) is 9.78 Å². The van der Waals surface area contributed by atoms with Crippen molar-refractivity contribution in [3.05, 3.63) is 110 Å². The molecule has 2 atom stereocenters. The zero-order chi connectivity index (χ0) is 26.1. The lowest BCUT2D eigenvalue weighted by Crippen LogP contribution is -2.35. The van der Waals surface area contributed by atoms with E-state index in [1.54, 1.807) is 24.1 Å². The van der Waals surface area contributed by atoms with Crippen LogP contribution in [0.1, 0.15) is 35.7 Å². The molecule has 37 heavy (non-hydrogen) atoms. The molecule has 0 aliphatic carbocycles. The zero-order valence-corrected chi connectivity index (χ0v) is 21.3. The van der Waals surface area contributed by atoms with E-state index in [2.05, 4.69) is 10.1 Å². The number of benzene rings is 2. The second-order valence-corrected chi connectivity index (χ2v) is 9.57. The van der Waals surface area contributed by atoms with Crippen LogP contribution >= 0.6 is 23.2 Å². The Balaban J connectivity index is 1.60. The molecule has 3 heterocycles. The highest BCUT2D eigenvalue weighted by Gasteiger charge is 2.34. The Morgan fingerprint density at radius 3 is 2.41 bits per heavy atom. The number of nitrogens with two attached hydrogens (primary N) is 1. The van der Waals surface area contributed by atoms with Crippen molar-refractivity contribution >= 4 is 40.8 Å². The Labute approximate surface area is 222 Å². The molecule has 1 aliphatic rings. The van der Waals surface area contributed by atoms with Crippen molar-refractivity contribution in [1.82, 2.24) is 19.3 Å². The van der Waals surface area contributed by atoms with Gasteiger partial charge in [0, 0.05) is 17.1 Å². The van der Waals surface area contributed by atoms with E-state index < -0.39 is 17.6 Å². The summed E-state index contributed by atoms with van der Waals surface area (Å²) in [5.41, 5.74) is 8.44. The highest BCUT2D eigenvalue weighted by molar-refractivity contribution is 6.30. The number of anilines is 1. The average molecular weight is 536 g/mol. The van der Waals surface area contributed by atoms with Crippen LogP contribution in [0.25, 0.3) is 0 Å². The molecule has 0 fully saturated rings. The Morgan fingerprint density at radius 1 is 1.05 bits per heavy atom. The fraction of sp³-hybridized carbons (Fsp3) is 0.192. The highest BCUT2D eigenvalue weighted by atomic mass is 35.5. The monoisotopic (exact) mass is 535 g/mol. The normalized spacial score (nSPS) is 16.0. The van der Waals surface area contributed by atoms with Crippen LogP contribution in [0.2, 0.25) is 10.0 Å². The van der Waals surface area contributed by atoms with Gasteiger partial charge in [-0.25, -0.2) is 19.1 Å². The Bertz CT molecular complexity index is 1510. The summed E-state index contributed by atoms with van der Waals surface area (Å²) in [6.45, 7) is 2.06. The molecule has 0 radical (unpaired) electrons. The van der Waals surface area contributed by atoms with E-state index in [0.717, 1.165) is 16.8 Å². The van der Waals surface area contributed by atoms with Gasteiger partial charge < -0.3 is 5.73 Å². The van der Waals surface area contributed by atoms with Gasteiger partial charge in [-0.2, -0.15) is 5.10 Å². The number of aromatic nitrogens is 4. The van der Waals surface area contributed by atoms with Crippen LogP contribution in [0.15, 0.2) is 82.8 Å². The molecule has 0 bridgehead atoms. The SMILES string of the molecule is C[C@H](C(N)=O)n1c(N2C[C@H](c3ccccc3)C(c3ccc(Cl)cc3)=N2)nn(Cc2ccc(Cl)cn2)c1=O. The molecule has 0 saturated heterocycles. The van der Waals surface area contributed by atoms with E-state index in [9.17, 15) is 9.59 Å². The van der Waals surface area contributed by atoms with Gasteiger partial charge in [-0.1, -0.05) is 65.7 Å². The van der Waals surface area contributed by atoms with Crippen molar-refractivity contribution in [1.29, 1.82) is 0 Å². The van der Waals surface area contributed by atoms with Crippen molar-refractivity contribution in [3.63, 3.8) is 0 Å². The topological polar surface area (TPSA) is 111 Å². The van der Waals surface area contributed by atoms with Crippen molar-refractivity contribution in [2.45, 2.75) is 25.4 Å². The molecule has 188 valence electrons. The van der Waals surface area contributed by atoms with Crippen LogP contribution in [0.3, 0.4) is 0 Å². The smallest absolute Gasteiger partial charge is 0.348 e. The molecule has 0 unspecified atom stereocenters. The lowest BCUT2D eigenvalue weighted by molar-refractivity contribution is -0.120. The molecule has 2 aromatic carbocycles. The number of hydrogen-bond acceptors (Lipinski definition) is 6. The maximum absolute atomic E-state index is 13.4. The van der Waals surface area contributed by atoms with E-state index >= 15 is 0 Å². The predicted octanol–water partition coefficient (Wildman–Crippen LogP) is 3.85. The van der Waals surface area contributed by atoms with Crippen LogP contribution in [0.4, 0.5) is 5.95 Å². The second-order valence-electron chi connectivity index (χ2n) is 8.69. The van der Waals surface area contributed by atoms with Gasteiger partial charge in [-0.15, -0.1) is 5.10 Å². The molecule has 4 aromatic rings. The molecule has 2 aromatic heterocycles. The van der Waals surface area contributed by atoms with E-state index in [4.69, 9.17) is 34.0 Å². The molecule has 1 amide bonds. The summed E-state index contributed by atoms with van der Waals surface area (Å²) in [6.07, 6.45) is 1.50. The first-order chi connectivity index (χ1) is 17.8. The zero-order valence-electron chi connectivity index (χ0n) is 19.8. The highest BCUT2D eigenvalue weighted by Crippen LogP contribution is 2.32. The molecule has 0 spiro atoms. The van der Waals surface area contributed by atoms with Gasteiger partial charge in [0.15, 0.2) is 0 Å². The summed E-state index contributed by atoms with van der Waals surface area (Å²) in [4.78, 5) is 29.8. The van der Waals surface area contributed by atoms with Gasteiger partial charge >= 0.3 is 5.69 Å². The summed E-state index contributed by atoms with van der Waals surface area (Å²) in [7, 11) is 0. The number of pyridine rings is 1. The van der Waals surface area contributed by atoms with Gasteiger partial charge in [0.25, 0.3) is 0 Å². The quantitative estimate of drug-likeness (QED) is 0.386. The molecule has 11 heteroatoms. The second kappa shape index (κ2) is 10.2. The first-order valence-corrected chi connectivity index (χ1v) is 12.3. The van der Waals surface area contributed by atoms with Gasteiger partial charge in [0.1, 0.15) is 6.04 Å². The van der Waals surface area contributed by atoms with Crippen LogP contribution in [-0.4, -0.2) is 37.5 Å².